The Morgan fingerprint density at radius 1 is 1.06 bits per heavy atom. The van der Waals surface area contributed by atoms with Crippen LogP contribution in [-0.4, -0.2) is 51.2 Å². The van der Waals surface area contributed by atoms with Gasteiger partial charge in [0.2, 0.25) is 10.0 Å². The molecule has 2 saturated heterocycles. The Bertz CT molecular complexity index is 494. The Labute approximate surface area is 106 Å². The van der Waals surface area contributed by atoms with Crippen LogP contribution >= 0.6 is 0 Å². The van der Waals surface area contributed by atoms with Crippen molar-refractivity contribution in [3.63, 3.8) is 0 Å². The Morgan fingerprint density at radius 2 is 1.56 bits per heavy atom. The highest BCUT2D eigenvalue weighted by atomic mass is 32.2. The van der Waals surface area contributed by atoms with E-state index in [0.29, 0.717) is 31.2 Å². The van der Waals surface area contributed by atoms with Crippen LogP contribution in [0.3, 0.4) is 0 Å². The van der Waals surface area contributed by atoms with Crippen LogP contribution in [0.1, 0.15) is 0 Å². The summed E-state index contributed by atoms with van der Waals surface area (Å²) in [6.07, 6.45) is 0.0875. The molecule has 2 heterocycles. The van der Waals surface area contributed by atoms with Gasteiger partial charge in [-0.3, -0.25) is 0 Å². The van der Waals surface area contributed by atoms with Gasteiger partial charge in [-0.15, -0.1) is 0 Å². The largest absolute Gasteiger partial charge is 0.372 e. The lowest BCUT2D eigenvalue weighted by atomic mass is 10.4. The molecule has 0 amide bonds. The summed E-state index contributed by atoms with van der Waals surface area (Å²) in [6, 6.07) is 8.49. The molecule has 2 fully saturated rings. The third-order valence-electron chi connectivity index (χ3n) is 3.00. The van der Waals surface area contributed by atoms with Gasteiger partial charge in [-0.25, -0.2) is 8.42 Å². The van der Waals surface area contributed by atoms with Crippen molar-refractivity contribution >= 4 is 10.0 Å². The molecule has 2 aliphatic heterocycles. The zero-order valence-corrected chi connectivity index (χ0v) is 10.7. The standard InChI is InChI=1S/C12H15NO4S/c14-18(15,12-4-2-1-3-5-12)13(6-10-8-16-10)7-11-9-17-11/h1-5,10-11H,6-9H2/t10-,11-/m1/s1. The number of epoxide rings is 2. The lowest BCUT2D eigenvalue weighted by molar-refractivity contribution is 0.304. The Balaban J connectivity index is 1.82. The molecule has 98 valence electrons. The van der Waals surface area contributed by atoms with Gasteiger partial charge in [0.05, 0.1) is 30.3 Å². The van der Waals surface area contributed by atoms with Crippen LogP contribution in [0.4, 0.5) is 0 Å². The second-order valence-electron chi connectivity index (χ2n) is 4.55. The molecule has 1 aromatic carbocycles. The molecule has 0 radical (unpaired) electrons. The number of ether oxygens (including phenoxy) is 2. The van der Waals surface area contributed by atoms with Gasteiger partial charge in [-0.2, -0.15) is 4.31 Å². The molecule has 5 nitrogen and oxygen atoms in total. The van der Waals surface area contributed by atoms with E-state index in [4.69, 9.17) is 9.47 Å². The maximum Gasteiger partial charge on any atom is 0.243 e. The predicted molar refractivity (Wildman–Crippen MR) is 64.7 cm³/mol. The minimum atomic E-state index is -3.44. The summed E-state index contributed by atoms with van der Waals surface area (Å²) in [4.78, 5) is 0.325. The van der Waals surface area contributed by atoms with E-state index in [0.717, 1.165) is 0 Å². The van der Waals surface area contributed by atoms with Gasteiger partial charge in [0.1, 0.15) is 0 Å². The molecule has 0 bridgehead atoms. The zero-order chi connectivity index (χ0) is 12.6. The van der Waals surface area contributed by atoms with Crippen LogP contribution in [0, 0.1) is 0 Å². The van der Waals surface area contributed by atoms with Crippen molar-refractivity contribution in [1.82, 2.24) is 4.31 Å². The summed E-state index contributed by atoms with van der Waals surface area (Å²) in [5.41, 5.74) is 0. The lowest BCUT2D eigenvalue weighted by Crippen LogP contribution is -2.37. The van der Waals surface area contributed by atoms with Crippen molar-refractivity contribution in [2.75, 3.05) is 26.3 Å². The van der Waals surface area contributed by atoms with E-state index in [2.05, 4.69) is 0 Å². The van der Waals surface area contributed by atoms with Crippen LogP contribution in [-0.2, 0) is 19.5 Å². The van der Waals surface area contributed by atoms with Crippen molar-refractivity contribution in [1.29, 1.82) is 0 Å². The zero-order valence-electron chi connectivity index (χ0n) is 9.86. The molecule has 6 heteroatoms. The second-order valence-corrected chi connectivity index (χ2v) is 6.48. The first-order valence-corrected chi connectivity index (χ1v) is 7.38. The first-order chi connectivity index (χ1) is 8.66. The Hall–Kier alpha value is -0.950. The van der Waals surface area contributed by atoms with E-state index in [1.54, 1.807) is 30.3 Å². The molecule has 0 N–H and O–H groups in total. The molecule has 2 aliphatic rings. The van der Waals surface area contributed by atoms with Crippen LogP contribution in [0.2, 0.25) is 0 Å². The molecule has 0 spiro atoms. The van der Waals surface area contributed by atoms with Gasteiger partial charge < -0.3 is 9.47 Å². The average Bonchev–Trinajstić information content (AvgIpc) is 3.24. The van der Waals surface area contributed by atoms with E-state index >= 15 is 0 Å². The van der Waals surface area contributed by atoms with Crippen molar-refractivity contribution in [3.8, 4) is 0 Å². The lowest BCUT2D eigenvalue weighted by Gasteiger charge is -2.20. The number of sulfonamides is 1. The van der Waals surface area contributed by atoms with E-state index < -0.39 is 10.0 Å². The number of benzene rings is 1. The highest BCUT2D eigenvalue weighted by molar-refractivity contribution is 7.89. The minimum absolute atomic E-state index is 0.0437. The first-order valence-electron chi connectivity index (χ1n) is 5.94. The smallest absolute Gasteiger partial charge is 0.243 e. The topological polar surface area (TPSA) is 62.4 Å². The quantitative estimate of drug-likeness (QED) is 0.704. The number of rotatable bonds is 6. The van der Waals surface area contributed by atoms with Crippen molar-refractivity contribution in [2.45, 2.75) is 17.1 Å². The highest BCUT2D eigenvalue weighted by Crippen LogP contribution is 2.22. The van der Waals surface area contributed by atoms with Crippen LogP contribution in [0.15, 0.2) is 35.2 Å². The highest BCUT2D eigenvalue weighted by Gasteiger charge is 2.36. The maximum absolute atomic E-state index is 12.5. The third kappa shape index (κ3) is 2.72. The third-order valence-corrected chi connectivity index (χ3v) is 4.85. The number of nitrogens with zero attached hydrogens (tertiary/aromatic N) is 1. The molecule has 2 atom stereocenters. The van der Waals surface area contributed by atoms with Gasteiger partial charge in [0.15, 0.2) is 0 Å². The van der Waals surface area contributed by atoms with Crippen LogP contribution < -0.4 is 0 Å². The summed E-state index contributed by atoms with van der Waals surface area (Å²) in [5, 5.41) is 0. The normalized spacial score (nSPS) is 26.3. The minimum Gasteiger partial charge on any atom is -0.372 e. The molecule has 0 aliphatic carbocycles. The fraction of sp³-hybridized carbons (Fsp3) is 0.500. The molecular weight excluding hydrogens is 254 g/mol. The summed E-state index contributed by atoms with van der Waals surface area (Å²) in [5.74, 6) is 0. The van der Waals surface area contributed by atoms with Crippen molar-refractivity contribution < 1.29 is 17.9 Å². The van der Waals surface area contributed by atoms with Crippen molar-refractivity contribution in [3.05, 3.63) is 30.3 Å². The van der Waals surface area contributed by atoms with Gasteiger partial charge in [0.25, 0.3) is 0 Å². The fourth-order valence-corrected chi connectivity index (χ4v) is 3.34. The van der Waals surface area contributed by atoms with Crippen LogP contribution in [0.5, 0.6) is 0 Å². The SMILES string of the molecule is O=S(=O)(c1ccccc1)N(C[C@@H]1CO1)C[C@@H]1CO1. The maximum atomic E-state index is 12.5. The van der Waals surface area contributed by atoms with E-state index in [1.807, 2.05) is 0 Å². The van der Waals surface area contributed by atoms with Gasteiger partial charge in [0, 0.05) is 13.1 Å². The fourth-order valence-electron chi connectivity index (χ4n) is 1.81. The average molecular weight is 269 g/mol. The van der Waals surface area contributed by atoms with Crippen molar-refractivity contribution in [2.24, 2.45) is 0 Å². The van der Waals surface area contributed by atoms with E-state index in [-0.39, 0.29) is 12.2 Å². The summed E-state index contributed by atoms with van der Waals surface area (Å²) < 4.78 is 36.7. The Morgan fingerprint density at radius 3 is 2.00 bits per heavy atom. The Kier molecular flexibility index (Phi) is 3.11. The van der Waals surface area contributed by atoms with E-state index in [1.165, 1.54) is 4.31 Å². The predicted octanol–water partition coefficient (Wildman–Crippen LogP) is 0.475. The van der Waals surface area contributed by atoms with Crippen LogP contribution in [0.25, 0.3) is 0 Å². The summed E-state index contributed by atoms with van der Waals surface area (Å²) >= 11 is 0. The van der Waals surface area contributed by atoms with Gasteiger partial charge in [-0.1, -0.05) is 18.2 Å². The second kappa shape index (κ2) is 4.62. The monoisotopic (exact) mass is 269 g/mol. The molecule has 1 aromatic rings. The van der Waals surface area contributed by atoms with E-state index in [9.17, 15) is 8.42 Å². The molecular formula is C12H15NO4S. The van der Waals surface area contributed by atoms with Gasteiger partial charge in [-0.05, 0) is 12.1 Å². The molecule has 0 saturated carbocycles. The summed E-state index contributed by atoms with van der Waals surface area (Å²) in [6.45, 7) is 2.12. The molecule has 0 aromatic heterocycles. The first kappa shape index (κ1) is 12.1. The molecule has 0 unspecified atom stereocenters. The number of hydrogen-bond donors (Lipinski definition) is 0. The van der Waals surface area contributed by atoms with Gasteiger partial charge >= 0.3 is 0 Å². The number of hydrogen-bond acceptors (Lipinski definition) is 4. The summed E-state index contributed by atoms with van der Waals surface area (Å²) in [7, 11) is -3.44. The molecule has 18 heavy (non-hydrogen) atoms. The molecule has 3 rings (SSSR count).